The van der Waals surface area contributed by atoms with Crippen LogP contribution in [-0.4, -0.2) is 21.7 Å². The number of anilines is 2. The molecule has 2 rings (SSSR count). The summed E-state index contributed by atoms with van der Waals surface area (Å²) >= 11 is 0. The molecule has 0 saturated heterocycles. The summed E-state index contributed by atoms with van der Waals surface area (Å²) in [4.78, 5) is 8.24. The van der Waals surface area contributed by atoms with Gasteiger partial charge in [0.05, 0.1) is 30.3 Å². The van der Waals surface area contributed by atoms with E-state index in [0.717, 1.165) is 17.9 Å². The van der Waals surface area contributed by atoms with Crippen molar-refractivity contribution in [1.29, 1.82) is 0 Å². The summed E-state index contributed by atoms with van der Waals surface area (Å²) in [5.74, 6) is 1.21. The molecule has 0 aliphatic carbocycles. The molecule has 0 unspecified atom stereocenters. The van der Waals surface area contributed by atoms with Crippen LogP contribution in [0.15, 0.2) is 23.0 Å². The van der Waals surface area contributed by atoms with E-state index in [9.17, 15) is 0 Å². The van der Waals surface area contributed by atoms with Crippen LogP contribution in [0.1, 0.15) is 18.6 Å². The fourth-order valence-corrected chi connectivity index (χ4v) is 1.43. The first-order chi connectivity index (χ1) is 8.28. The zero-order chi connectivity index (χ0) is 12.1. The molecule has 0 saturated carbocycles. The second-order valence-electron chi connectivity index (χ2n) is 3.58. The van der Waals surface area contributed by atoms with Crippen LogP contribution in [0.4, 0.5) is 11.4 Å². The Balaban J connectivity index is 1.96. The quantitative estimate of drug-likeness (QED) is 0.820. The maximum atomic E-state index is 4.89. The Morgan fingerprint density at radius 3 is 2.65 bits per heavy atom. The smallest absolute Gasteiger partial charge is 0.223 e. The van der Waals surface area contributed by atoms with E-state index >= 15 is 0 Å². The van der Waals surface area contributed by atoms with Crippen molar-refractivity contribution in [3.8, 4) is 0 Å². The summed E-state index contributed by atoms with van der Waals surface area (Å²) in [5.41, 5.74) is 1.91. The molecule has 0 spiro atoms. The highest BCUT2D eigenvalue weighted by atomic mass is 16.5. The molecule has 0 aliphatic heterocycles. The molecule has 0 aromatic carbocycles. The highest BCUT2D eigenvalue weighted by Gasteiger charge is 2.02. The van der Waals surface area contributed by atoms with Gasteiger partial charge in [-0.1, -0.05) is 5.16 Å². The van der Waals surface area contributed by atoms with Crippen LogP contribution < -0.4 is 10.6 Å². The lowest BCUT2D eigenvalue weighted by Crippen LogP contribution is -2.03. The van der Waals surface area contributed by atoms with Crippen molar-refractivity contribution in [1.82, 2.24) is 15.1 Å². The highest BCUT2D eigenvalue weighted by molar-refractivity contribution is 5.53. The minimum Gasteiger partial charge on any atom is -0.384 e. The molecule has 6 heteroatoms. The third kappa shape index (κ3) is 3.17. The molecule has 90 valence electrons. The molecule has 2 heterocycles. The Kier molecular flexibility index (Phi) is 3.54. The van der Waals surface area contributed by atoms with Gasteiger partial charge in [0.15, 0.2) is 5.82 Å². The third-order valence-corrected chi connectivity index (χ3v) is 2.14. The van der Waals surface area contributed by atoms with Gasteiger partial charge in [-0.15, -0.1) is 0 Å². The van der Waals surface area contributed by atoms with Crippen molar-refractivity contribution < 1.29 is 4.52 Å². The van der Waals surface area contributed by atoms with E-state index in [0.29, 0.717) is 18.3 Å². The lowest BCUT2D eigenvalue weighted by molar-refractivity contribution is 0.388. The zero-order valence-corrected chi connectivity index (χ0v) is 9.90. The van der Waals surface area contributed by atoms with Crippen LogP contribution in [0.25, 0.3) is 0 Å². The summed E-state index contributed by atoms with van der Waals surface area (Å²) in [5, 5.41) is 10.2. The topological polar surface area (TPSA) is 75.9 Å². The SMILES string of the molecule is CCNc1cncc(NCc2noc(C)n2)c1. The first-order valence-corrected chi connectivity index (χ1v) is 5.50. The minimum absolute atomic E-state index is 0.522. The van der Waals surface area contributed by atoms with Crippen LogP contribution in [0.2, 0.25) is 0 Å². The van der Waals surface area contributed by atoms with E-state index in [1.165, 1.54) is 0 Å². The monoisotopic (exact) mass is 233 g/mol. The standard InChI is InChI=1S/C11H15N5O/c1-3-13-9-4-10(6-12-5-9)14-7-11-15-8(2)17-16-11/h4-6,13-14H,3,7H2,1-2H3. The number of rotatable bonds is 5. The average molecular weight is 233 g/mol. The maximum Gasteiger partial charge on any atom is 0.223 e. The van der Waals surface area contributed by atoms with Gasteiger partial charge in [-0.3, -0.25) is 4.98 Å². The normalized spacial score (nSPS) is 10.2. The van der Waals surface area contributed by atoms with Crippen molar-refractivity contribution in [2.24, 2.45) is 0 Å². The molecule has 0 bridgehead atoms. The van der Waals surface area contributed by atoms with E-state index in [4.69, 9.17) is 4.52 Å². The minimum atomic E-state index is 0.522. The van der Waals surface area contributed by atoms with Gasteiger partial charge in [0, 0.05) is 13.5 Å². The van der Waals surface area contributed by atoms with Gasteiger partial charge in [0.1, 0.15) is 0 Å². The van der Waals surface area contributed by atoms with Crippen LogP contribution in [0, 0.1) is 6.92 Å². The summed E-state index contributed by atoms with van der Waals surface area (Å²) in [6, 6.07) is 1.99. The molecule has 17 heavy (non-hydrogen) atoms. The molecular weight excluding hydrogens is 218 g/mol. The van der Waals surface area contributed by atoms with Gasteiger partial charge < -0.3 is 15.2 Å². The predicted octanol–water partition coefficient (Wildman–Crippen LogP) is 1.82. The van der Waals surface area contributed by atoms with E-state index in [1.54, 1.807) is 19.3 Å². The van der Waals surface area contributed by atoms with E-state index in [-0.39, 0.29) is 0 Å². The van der Waals surface area contributed by atoms with Crippen molar-refractivity contribution in [3.63, 3.8) is 0 Å². The molecule has 0 atom stereocenters. The lowest BCUT2D eigenvalue weighted by atomic mass is 10.3. The Bertz CT molecular complexity index is 482. The van der Waals surface area contributed by atoms with Gasteiger partial charge in [0.25, 0.3) is 0 Å². The number of aryl methyl sites for hydroxylation is 1. The number of aromatic nitrogens is 3. The molecule has 0 aliphatic rings. The summed E-state index contributed by atoms with van der Waals surface area (Å²) in [6.07, 6.45) is 3.54. The van der Waals surface area contributed by atoms with Crippen LogP contribution in [-0.2, 0) is 6.54 Å². The van der Waals surface area contributed by atoms with Gasteiger partial charge in [-0.25, -0.2) is 0 Å². The molecule has 0 amide bonds. The largest absolute Gasteiger partial charge is 0.384 e. The summed E-state index contributed by atoms with van der Waals surface area (Å²) in [7, 11) is 0. The van der Waals surface area contributed by atoms with Gasteiger partial charge in [-0.05, 0) is 13.0 Å². The number of hydrogen-bond donors (Lipinski definition) is 2. The van der Waals surface area contributed by atoms with E-state index in [2.05, 4.69) is 25.8 Å². The molecule has 2 aromatic rings. The van der Waals surface area contributed by atoms with Gasteiger partial charge >= 0.3 is 0 Å². The molecule has 2 N–H and O–H groups in total. The third-order valence-electron chi connectivity index (χ3n) is 2.14. The fraction of sp³-hybridized carbons (Fsp3) is 0.364. The van der Waals surface area contributed by atoms with Crippen molar-refractivity contribution in [3.05, 3.63) is 30.2 Å². The number of nitrogens with one attached hydrogen (secondary N) is 2. The number of hydrogen-bond acceptors (Lipinski definition) is 6. The van der Waals surface area contributed by atoms with Crippen LogP contribution in [0.3, 0.4) is 0 Å². The average Bonchev–Trinajstić information content (AvgIpc) is 2.74. The first kappa shape index (κ1) is 11.4. The zero-order valence-electron chi connectivity index (χ0n) is 9.90. The Morgan fingerprint density at radius 1 is 1.24 bits per heavy atom. The molecule has 6 nitrogen and oxygen atoms in total. The first-order valence-electron chi connectivity index (χ1n) is 5.50. The van der Waals surface area contributed by atoms with Crippen molar-refractivity contribution in [2.45, 2.75) is 20.4 Å². The molecule has 0 radical (unpaired) electrons. The molecule has 0 fully saturated rings. The second-order valence-corrected chi connectivity index (χ2v) is 3.58. The Morgan fingerprint density at radius 2 is 2.00 bits per heavy atom. The fourth-order valence-electron chi connectivity index (χ4n) is 1.43. The van der Waals surface area contributed by atoms with Crippen LogP contribution in [0.5, 0.6) is 0 Å². The van der Waals surface area contributed by atoms with Crippen LogP contribution >= 0.6 is 0 Å². The van der Waals surface area contributed by atoms with Crippen molar-refractivity contribution in [2.75, 3.05) is 17.2 Å². The predicted molar refractivity (Wildman–Crippen MR) is 64.8 cm³/mol. The molecular formula is C11H15N5O. The summed E-state index contributed by atoms with van der Waals surface area (Å²) < 4.78 is 4.89. The van der Waals surface area contributed by atoms with Crippen molar-refractivity contribution >= 4 is 11.4 Å². The Labute approximate surface area is 99.5 Å². The van der Waals surface area contributed by atoms with E-state index < -0.39 is 0 Å². The maximum absolute atomic E-state index is 4.89. The highest BCUT2D eigenvalue weighted by Crippen LogP contribution is 2.13. The summed E-state index contributed by atoms with van der Waals surface area (Å²) in [6.45, 7) is 5.20. The Hall–Kier alpha value is -2.11. The molecule has 2 aromatic heterocycles. The second kappa shape index (κ2) is 5.29. The number of nitrogens with zero attached hydrogens (tertiary/aromatic N) is 3. The number of pyridine rings is 1. The van der Waals surface area contributed by atoms with Gasteiger partial charge in [-0.2, -0.15) is 4.98 Å². The van der Waals surface area contributed by atoms with E-state index in [1.807, 2.05) is 13.0 Å². The van der Waals surface area contributed by atoms with Gasteiger partial charge in [0.2, 0.25) is 5.89 Å². The lowest BCUT2D eigenvalue weighted by Gasteiger charge is -2.06.